The molecule has 0 heterocycles. The number of hydrogen-bond donors (Lipinski definition) is 2. The van der Waals surface area contributed by atoms with E-state index in [1.807, 2.05) is 0 Å². The maximum atomic E-state index is 12.8. The van der Waals surface area contributed by atoms with Crippen molar-refractivity contribution in [3.63, 3.8) is 0 Å². The number of benzene rings is 2. The van der Waals surface area contributed by atoms with Crippen LogP contribution in [0.4, 0.5) is 15.8 Å². The molecule has 0 fully saturated rings. The van der Waals surface area contributed by atoms with Gasteiger partial charge in [-0.3, -0.25) is 15.5 Å². The molecule has 8 heteroatoms. The van der Waals surface area contributed by atoms with Crippen molar-refractivity contribution in [2.24, 2.45) is 5.10 Å². The maximum absolute atomic E-state index is 12.8. The number of nitrogens with zero attached hydrogens (tertiary/aromatic N) is 2. The number of hydrogen-bond acceptors (Lipinski definition) is 4. The van der Waals surface area contributed by atoms with Crippen LogP contribution >= 0.6 is 12.2 Å². The van der Waals surface area contributed by atoms with Gasteiger partial charge < -0.3 is 5.32 Å². The number of anilines is 1. The Morgan fingerprint density at radius 3 is 2.65 bits per heavy atom. The summed E-state index contributed by atoms with van der Waals surface area (Å²) in [5.74, 6) is -0.339. The van der Waals surface area contributed by atoms with E-state index in [0.29, 0.717) is 16.8 Å². The average molecular weight is 332 g/mol. The summed E-state index contributed by atoms with van der Waals surface area (Å²) < 4.78 is 12.8. The molecule has 0 aliphatic heterocycles. The first-order valence-electron chi connectivity index (χ1n) is 6.56. The second kappa shape index (κ2) is 7.41. The third-order valence-corrected chi connectivity index (χ3v) is 3.11. The average Bonchev–Trinajstić information content (AvgIpc) is 2.51. The van der Waals surface area contributed by atoms with Gasteiger partial charge in [-0.1, -0.05) is 12.1 Å². The zero-order valence-electron chi connectivity index (χ0n) is 12.1. The van der Waals surface area contributed by atoms with Crippen LogP contribution in [0, 0.1) is 22.9 Å². The highest BCUT2D eigenvalue weighted by Crippen LogP contribution is 2.18. The first kappa shape index (κ1) is 16.5. The van der Waals surface area contributed by atoms with E-state index in [1.165, 1.54) is 36.5 Å². The number of nitro groups is 1. The molecule has 0 amide bonds. The Hall–Kier alpha value is -2.87. The molecule has 118 valence electrons. The summed E-state index contributed by atoms with van der Waals surface area (Å²) in [7, 11) is 0. The number of nitro benzene ring substituents is 1. The van der Waals surface area contributed by atoms with Crippen LogP contribution in [-0.2, 0) is 0 Å². The standard InChI is InChI=1S/C15H13FN4O2S/c1-10-2-3-11(8-14(10)20(21)22)9-17-19-15(23)18-13-6-4-12(16)5-7-13/h2-9H,1H3,(H2,18,19,23)/b17-9-. The fraction of sp³-hybridized carbons (Fsp3) is 0.0667. The Bertz CT molecular complexity index is 763. The first-order chi connectivity index (χ1) is 11.0. The van der Waals surface area contributed by atoms with Crippen molar-refractivity contribution < 1.29 is 9.31 Å². The molecule has 0 bridgehead atoms. The van der Waals surface area contributed by atoms with E-state index >= 15 is 0 Å². The van der Waals surface area contributed by atoms with Crippen molar-refractivity contribution in [1.29, 1.82) is 0 Å². The molecular formula is C15H13FN4O2S. The molecule has 0 saturated heterocycles. The normalized spacial score (nSPS) is 10.5. The van der Waals surface area contributed by atoms with Crippen molar-refractivity contribution in [2.75, 3.05) is 5.32 Å². The highest BCUT2D eigenvalue weighted by atomic mass is 32.1. The molecule has 2 aromatic rings. The van der Waals surface area contributed by atoms with Gasteiger partial charge in [0.15, 0.2) is 5.11 Å². The summed E-state index contributed by atoms with van der Waals surface area (Å²) in [5.41, 5.74) is 4.37. The summed E-state index contributed by atoms with van der Waals surface area (Å²) in [6.45, 7) is 1.67. The van der Waals surface area contributed by atoms with E-state index in [9.17, 15) is 14.5 Å². The van der Waals surface area contributed by atoms with Gasteiger partial charge >= 0.3 is 0 Å². The topological polar surface area (TPSA) is 79.6 Å². The van der Waals surface area contributed by atoms with Crippen molar-refractivity contribution in [3.05, 3.63) is 69.5 Å². The second-order valence-electron chi connectivity index (χ2n) is 4.63. The fourth-order valence-corrected chi connectivity index (χ4v) is 1.93. The fourth-order valence-electron chi connectivity index (χ4n) is 1.76. The number of thiocarbonyl (C=S) groups is 1. The van der Waals surface area contributed by atoms with Gasteiger partial charge in [0.2, 0.25) is 0 Å². The van der Waals surface area contributed by atoms with Crippen LogP contribution in [0.15, 0.2) is 47.6 Å². The molecule has 0 atom stereocenters. The lowest BCUT2D eigenvalue weighted by Gasteiger charge is -2.06. The summed E-state index contributed by atoms with van der Waals surface area (Å²) in [6.07, 6.45) is 1.42. The SMILES string of the molecule is Cc1ccc(/C=N\NC(=S)Nc2ccc(F)cc2)cc1[N+](=O)[O-]. The Morgan fingerprint density at radius 2 is 2.00 bits per heavy atom. The predicted octanol–water partition coefficient (Wildman–Crippen LogP) is 3.36. The smallest absolute Gasteiger partial charge is 0.272 e. The van der Waals surface area contributed by atoms with E-state index in [1.54, 1.807) is 19.1 Å². The lowest BCUT2D eigenvalue weighted by Crippen LogP contribution is -2.23. The van der Waals surface area contributed by atoms with Gasteiger partial charge in [0, 0.05) is 22.9 Å². The van der Waals surface area contributed by atoms with Crippen LogP contribution in [-0.4, -0.2) is 16.3 Å². The largest absolute Gasteiger partial charge is 0.331 e. The van der Waals surface area contributed by atoms with Crippen LogP contribution in [0.5, 0.6) is 0 Å². The predicted molar refractivity (Wildman–Crippen MR) is 91.2 cm³/mol. The number of aryl methyl sites for hydroxylation is 1. The molecule has 0 saturated carbocycles. The molecule has 23 heavy (non-hydrogen) atoms. The van der Waals surface area contributed by atoms with Crippen LogP contribution in [0.1, 0.15) is 11.1 Å². The number of nitrogens with one attached hydrogen (secondary N) is 2. The van der Waals surface area contributed by atoms with Crippen LogP contribution < -0.4 is 10.7 Å². The quantitative estimate of drug-likeness (QED) is 0.388. The molecule has 0 aromatic heterocycles. The minimum Gasteiger partial charge on any atom is -0.331 e. The van der Waals surface area contributed by atoms with Crippen LogP contribution in [0.2, 0.25) is 0 Å². The first-order valence-corrected chi connectivity index (χ1v) is 6.97. The monoisotopic (exact) mass is 332 g/mol. The Kier molecular flexibility index (Phi) is 5.32. The van der Waals surface area contributed by atoms with Gasteiger partial charge in [-0.2, -0.15) is 5.10 Å². The Morgan fingerprint density at radius 1 is 1.30 bits per heavy atom. The van der Waals surface area contributed by atoms with Gasteiger partial charge in [-0.05, 0) is 43.4 Å². The molecule has 2 aromatic carbocycles. The molecule has 0 aliphatic rings. The molecule has 0 spiro atoms. The van der Waals surface area contributed by atoms with Gasteiger partial charge in [-0.25, -0.2) is 4.39 Å². The summed E-state index contributed by atoms with van der Waals surface area (Å²) >= 11 is 5.03. The van der Waals surface area contributed by atoms with E-state index in [4.69, 9.17) is 12.2 Å². The minimum atomic E-state index is -0.444. The molecular weight excluding hydrogens is 319 g/mol. The van der Waals surface area contributed by atoms with Crippen molar-refractivity contribution >= 4 is 34.9 Å². The van der Waals surface area contributed by atoms with E-state index in [2.05, 4.69) is 15.8 Å². The number of rotatable bonds is 4. The molecule has 0 radical (unpaired) electrons. The highest BCUT2D eigenvalue weighted by Gasteiger charge is 2.09. The molecule has 2 N–H and O–H groups in total. The van der Waals surface area contributed by atoms with Gasteiger partial charge in [-0.15, -0.1) is 0 Å². The summed E-state index contributed by atoms with van der Waals surface area (Å²) in [6, 6.07) is 10.5. The minimum absolute atomic E-state index is 0.0287. The van der Waals surface area contributed by atoms with E-state index < -0.39 is 4.92 Å². The van der Waals surface area contributed by atoms with Gasteiger partial charge in [0.05, 0.1) is 11.1 Å². The van der Waals surface area contributed by atoms with Gasteiger partial charge in [0.1, 0.15) is 5.82 Å². The molecule has 2 rings (SSSR count). The van der Waals surface area contributed by atoms with E-state index in [0.717, 1.165) is 0 Å². The maximum Gasteiger partial charge on any atom is 0.272 e. The zero-order valence-corrected chi connectivity index (χ0v) is 12.9. The zero-order chi connectivity index (χ0) is 16.8. The number of halogens is 1. The third-order valence-electron chi connectivity index (χ3n) is 2.91. The third kappa shape index (κ3) is 4.82. The van der Waals surface area contributed by atoms with Crippen molar-refractivity contribution in [2.45, 2.75) is 6.92 Å². The molecule has 6 nitrogen and oxygen atoms in total. The van der Waals surface area contributed by atoms with Gasteiger partial charge in [0.25, 0.3) is 5.69 Å². The lowest BCUT2D eigenvalue weighted by atomic mass is 10.1. The summed E-state index contributed by atoms with van der Waals surface area (Å²) in [5, 5.41) is 17.8. The lowest BCUT2D eigenvalue weighted by molar-refractivity contribution is -0.385. The van der Waals surface area contributed by atoms with Crippen LogP contribution in [0.25, 0.3) is 0 Å². The molecule has 0 aliphatic carbocycles. The van der Waals surface area contributed by atoms with Crippen LogP contribution in [0.3, 0.4) is 0 Å². The Balaban J connectivity index is 1.96. The van der Waals surface area contributed by atoms with Crippen molar-refractivity contribution in [1.82, 2.24) is 5.43 Å². The second-order valence-corrected chi connectivity index (χ2v) is 5.04. The summed E-state index contributed by atoms with van der Waals surface area (Å²) in [4.78, 5) is 10.4. The Labute approximate surface area is 137 Å². The highest BCUT2D eigenvalue weighted by molar-refractivity contribution is 7.80. The van der Waals surface area contributed by atoms with Crippen molar-refractivity contribution in [3.8, 4) is 0 Å². The number of hydrazone groups is 1. The van der Waals surface area contributed by atoms with E-state index in [-0.39, 0.29) is 16.6 Å². The molecule has 0 unspecified atom stereocenters.